The summed E-state index contributed by atoms with van der Waals surface area (Å²) in [7, 11) is 1.54. The van der Waals surface area contributed by atoms with E-state index in [0.717, 1.165) is 29.5 Å². The molecule has 0 radical (unpaired) electrons. The fourth-order valence-electron chi connectivity index (χ4n) is 3.13. The first-order valence-electron chi connectivity index (χ1n) is 7.75. The molecule has 1 aliphatic rings. The van der Waals surface area contributed by atoms with Gasteiger partial charge in [-0.25, -0.2) is 0 Å². The summed E-state index contributed by atoms with van der Waals surface area (Å²) in [6.45, 7) is 0.666. The van der Waals surface area contributed by atoms with Crippen LogP contribution in [0.3, 0.4) is 0 Å². The van der Waals surface area contributed by atoms with Gasteiger partial charge in [-0.05, 0) is 41.7 Å². The second kappa shape index (κ2) is 6.31. The van der Waals surface area contributed by atoms with Gasteiger partial charge in [-0.1, -0.05) is 30.3 Å². The third-order valence-corrected chi connectivity index (χ3v) is 4.50. The van der Waals surface area contributed by atoms with Crippen LogP contribution in [0.4, 0.5) is 0 Å². The van der Waals surface area contributed by atoms with Crippen molar-refractivity contribution < 1.29 is 9.84 Å². The topological polar surface area (TPSA) is 65.3 Å². The lowest BCUT2D eigenvalue weighted by atomic mass is 9.78. The average Bonchev–Trinajstić information content (AvgIpc) is 2.60. The Balaban J connectivity index is 1.81. The van der Waals surface area contributed by atoms with Gasteiger partial charge in [0.05, 0.1) is 13.2 Å². The van der Waals surface area contributed by atoms with Gasteiger partial charge in [0.2, 0.25) is 0 Å². The van der Waals surface area contributed by atoms with Crippen molar-refractivity contribution in [3.63, 3.8) is 0 Å². The molecule has 0 aliphatic heterocycles. The molecule has 0 aromatic heterocycles. The molecule has 1 unspecified atom stereocenters. The van der Waals surface area contributed by atoms with E-state index in [1.54, 1.807) is 6.07 Å². The van der Waals surface area contributed by atoms with Gasteiger partial charge in [-0.2, -0.15) is 5.26 Å². The van der Waals surface area contributed by atoms with Crippen LogP contribution in [0.5, 0.6) is 11.5 Å². The van der Waals surface area contributed by atoms with Crippen LogP contribution in [0.2, 0.25) is 0 Å². The van der Waals surface area contributed by atoms with Crippen LogP contribution in [-0.4, -0.2) is 17.8 Å². The van der Waals surface area contributed by atoms with E-state index in [1.165, 1.54) is 7.11 Å². The summed E-state index contributed by atoms with van der Waals surface area (Å²) in [6.07, 6.45) is 2.11. The lowest BCUT2D eigenvalue weighted by Crippen LogP contribution is -2.47. The number of methoxy groups -OCH3 is 1. The highest BCUT2D eigenvalue weighted by molar-refractivity contribution is 5.49. The summed E-state index contributed by atoms with van der Waals surface area (Å²) in [4.78, 5) is 0. The Morgan fingerprint density at radius 1 is 1.26 bits per heavy atom. The number of benzene rings is 2. The summed E-state index contributed by atoms with van der Waals surface area (Å²) in [5.74, 6) is 0.619. The number of rotatable bonds is 4. The van der Waals surface area contributed by atoms with Crippen molar-refractivity contribution in [3.05, 3.63) is 59.2 Å². The number of nitriles is 1. The van der Waals surface area contributed by atoms with Crippen molar-refractivity contribution in [2.45, 2.75) is 31.3 Å². The highest BCUT2D eigenvalue weighted by Gasteiger charge is 2.34. The third kappa shape index (κ3) is 3.15. The van der Waals surface area contributed by atoms with Crippen LogP contribution in [-0.2, 0) is 19.4 Å². The molecule has 0 bridgehead atoms. The molecule has 0 fully saturated rings. The molecule has 0 saturated heterocycles. The van der Waals surface area contributed by atoms with Crippen molar-refractivity contribution in [3.8, 4) is 17.6 Å². The van der Waals surface area contributed by atoms with Crippen LogP contribution >= 0.6 is 0 Å². The molecule has 0 saturated carbocycles. The van der Waals surface area contributed by atoms with Gasteiger partial charge in [-0.3, -0.25) is 5.32 Å². The zero-order valence-corrected chi connectivity index (χ0v) is 13.2. The maximum atomic E-state index is 9.90. The first kappa shape index (κ1) is 15.4. The molecular formula is C19H20N2O2. The smallest absolute Gasteiger partial charge is 0.160 e. The SMILES string of the molecule is COc1cc2c(cc1O)CCC(C#N)(NCc1ccccc1)C2. The molecule has 1 atom stereocenters. The van der Waals surface area contributed by atoms with Gasteiger partial charge in [0.25, 0.3) is 0 Å². The van der Waals surface area contributed by atoms with Crippen LogP contribution in [0.15, 0.2) is 42.5 Å². The molecule has 1 aliphatic carbocycles. The second-order valence-corrected chi connectivity index (χ2v) is 6.00. The number of phenols is 1. The number of nitrogens with zero attached hydrogens (tertiary/aromatic N) is 1. The Bertz CT molecular complexity index is 737. The highest BCUT2D eigenvalue weighted by Crippen LogP contribution is 2.36. The van der Waals surface area contributed by atoms with E-state index in [2.05, 4.69) is 23.5 Å². The zero-order chi connectivity index (χ0) is 16.3. The number of fused-ring (bicyclic) bond motifs is 1. The van der Waals surface area contributed by atoms with Gasteiger partial charge < -0.3 is 9.84 Å². The van der Waals surface area contributed by atoms with Crippen LogP contribution < -0.4 is 10.1 Å². The molecule has 0 spiro atoms. The number of ether oxygens (including phenoxy) is 1. The van der Waals surface area contributed by atoms with E-state index in [9.17, 15) is 10.4 Å². The molecule has 4 heteroatoms. The fraction of sp³-hybridized carbons (Fsp3) is 0.316. The predicted molar refractivity (Wildman–Crippen MR) is 88.3 cm³/mol. The molecule has 2 aromatic rings. The molecule has 3 rings (SSSR count). The molecular weight excluding hydrogens is 288 g/mol. The molecule has 23 heavy (non-hydrogen) atoms. The van der Waals surface area contributed by atoms with E-state index in [4.69, 9.17) is 4.74 Å². The van der Waals surface area contributed by atoms with Gasteiger partial charge in [-0.15, -0.1) is 0 Å². The van der Waals surface area contributed by atoms with E-state index in [-0.39, 0.29) is 5.75 Å². The van der Waals surface area contributed by atoms with Crippen molar-refractivity contribution in [2.24, 2.45) is 0 Å². The largest absolute Gasteiger partial charge is 0.504 e. The summed E-state index contributed by atoms with van der Waals surface area (Å²) in [5.41, 5.74) is 2.74. The standard InChI is InChI=1S/C19H20N2O2/c1-23-18-10-16-11-19(13-20,8-7-15(16)9-17(18)22)21-12-14-5-3-2-4-6-14/h2-6,9-10,21-22H,7-8,11-12H2,1H3. The quantitative estimate of drug-likeness (QED) is 0.911. The Morgan fingerprint density at radius 2 is 2.04 bits per heavy atom. The van der Waals surface area contributed by atoms with Gasteiger partial charge in [0, 0.05) is 13.0 Å². The van der Waals surface area contributed by atoms with E-state index in [0.29, 0.717) is 18.7 Å². The van der Waals surface area contributed by atoms with Gasteiger partial charge in [0.15, 0.2) is 11.5 Å². The molecule has 2 N–H and O–H groups in total. The van der Waals surface area contributed by atoms with E-state index < -0.39 is 5.54 Å². The maximum absolute atomic E-state index is 9.90. The summed E-state index contributed by atoms with van der Waals surface area (Å²) >= 11 is 0. The van der Waals surface area contributed by atoms with E-state index in [1.807, 2.05) is 24.3 Å². The Labute approximate surface area is 136 Å². The Kier molecular flexibility index (Phi) is 4.22. The Hall–Kier alpha value is -2.51. The van der Waals surface area contributed by atoms with Crippen LogP contribution in [0.25, 0.3) is 0 Å². The first-order valence-corrected chi connectivity index (χ1v) is 7.75. The molecule has 2 aromatic carbocycles. The number of aryl methyl sites for hydroxylation is 1. The second-order valence-electron chi connectivity index (χ2n) is 6.00. The minimum absolute atomic E-state index is 0.160. The van der Waals surface area contributed by atoms with Crippen LogP contribution in [0, 0.1) is 11.3 Å². The van der Waals surface area contributed by atoms with Crippen molar-refractivity contribution in [1.82, 2.24) is 5.32 Å². The van der Waals surface area contributed by atoms with E-state index >= 15 is 0 Å². The Morgan fingerprint density at radius 3 is 2.74 bits per heavy atom. The fourth-order valence-corrected chi connectivity index (χ4v) is 3.13. The molecule has 0 heterocycles. The number of hydrogen-bond acceptors (Lipinski definition) is 4. The van der Waals surface area contributed by atoms with Gasteiger partial charge >= 0.3 is 0 Å². The first-order chi connectivity index (χ1) is 11.2. The van der Waals surface area contributed by atoms with Crippen LogP contribution in [0.1, 0.15) is 23.1 Å². The summed E-state index contributed by atoms with van der Waals surface area (Å²) in [6, 6.07) is 16.2. The number of nitrogens with one attached hydrogen (secondary N) is 1. The average molecular weight is 308 g/mol. The van der Waals surface area contributed by atoms with Crippen molar-refractivity contribution in [1.29, 1.82) is 5.26 Å². The molecule has 4 nitrogen and oxygen atoms in total. The molecule has 118 valence electrons. The summed E-state index contributed by atoms with van der Waals surface area (Å²) in [5, 5.41) is 23.1. The number of aromatic hydroxyl groups is 1. The number of hydrogen-bond donors (Lipinski definition) is 2. The lowest BCUT2D eigenvalue weighted by molar-refractivity contribution is 0.353. The maximum Gasteiger partial charge on any atom is 0.160 e. The van der Waals surface area contributed by atoms with Crippen molar-refractivity contribution >= 4 is 0 Å². The zero-order valence-electron chi connectivity index (χ0n) is 13.2. The van der Waals surface area contributed by atoms with Crippen molar-refractivity contribution in [2.75, 3.05) is 7.11 Å². The third-order valence-electron chi connectivity index (χ3n) is 4.50. The predicted octanol–water partition coefficient (Wildman–Crippen LogP) is 2.94. The molecule has 0 amide bonds. The monoisotopic (exact) mass is 308 g/mol. The van der Waals surface area contributed by atoms with Gasteiger partial charge in [0.1, 0.15) is 5.54 Å². The number of phenolic OH excluding ortho intramolecular Hbond substituents is 1. The minimum Gasteiger partial charge on any atom is -0.504 e. The lowest BCUT2D eigenvalue weighted by Gasteiger charge is -2.33. The minimum atomic E-state index is -0.579. The highest BCUT2D eigenvalue weighted by atomic mass is 16.5. The summed E-state index contributed by atoms with van der Waals surface area (Å²) < 4.78 is 5.19. The normalized spacial score (nSPS) is 19.7.